The third kappa shape index (κ3) is 4.78. The maximum Gasteiger partial charge on any atom is 0.314 e. The van der Waals surface area contributed by atoms with Gasteiger partial charge in [-0.05, 0) is 104 Å². The molecule has 0 heterocycles. The number of hydrogen-bond acceptors (Lipinski definition) is 4. The first-order valence-corrected chi connectivity index (χ1v) is 12.1. The Morgan fingerprint density at radius 2 is 1.47 bits per heavy atom. The van der Waals surface area contributed by atoms with Gasteiger partial charge in [0.15, 0.2) is 0 Å². The molecule has 0 saturated heterocycles. The number of benzene rings is 3. The third-order valence-corrected chi connectivity index (χ3v) is 6.74. The zero-order valence-corrected chi connectivity index (χ0v) is 20.1. The zero-order chi connectivity index (χ0) is 23.7. The van der Waals surface area contributed by atoms with Gasteiger partial charge in [-0.2, -0.15) is 0 Å². The molecule has 2 aliphatic rings. The number of carbonyl (C=O) groups is 1. The number of aryl methyl sites for hydroxylation is 1. The second-order valence-corrected chi connectivity index (χ2v) is 9.44. The number of nitrogens with zero attached hydrogens (tertiary/aromatic N) is 1. The highest BCUT2D eigenvalue weighted by atomic mass is 16.5. The molecule has 1 fully saturated rings. The van der Waals surface area contributed by atoms with Crippen LogP contribution in [-0.2, 0) is 11.2 Å². The molecule has 0 bridgehead atoms. The average Bonchev–Trinajstić information content (AvgIpc) is 3.62. The van der Waals surface area contributed by atoms with Crippen molar-refractivity contribution in [3.05, 3.63) is 95.1 Å². The Bertz CT molecular complexity index is 1200. The van der Waals surface area contributed by atoms with E-state index < -0.39 is 0 Å². The largest absolute Gasteiger partial charge is 0.475 e. The summed E-state index contributed by atoms with van der Waals surface area (Å²) < 4.78 is 11.6. The molecule has 3 aromatic carbocycles. The minimum atomic E-state index is -0.112. The lowest BCUT2D eigenvalue weighted by Gasteiger charge is -2.21. The molecule has 4 heteroatoms. The van der Waals surface area contributed by atoms with Crippen molar-refractivity contribution in [1.82, 2.24) is 4.90 Å². The normalized spacial score (nSPS) is 17.3. The predicted octanol–water partition coefficient (Wildman–Crippen LogP) is 6.19. The topological polar surface area (TPSA) is 38.8 Å². The lowest BCUT2D eigenvalue weighted by molar-refractivity contribution is -0.135. The van der Waals surface area contributed by atoms with Gasteiger partial charge in [0.05, 0.1) is 5.92 Å². The second kappa shape index (κ2) is 9.47. The smallest absolute Gasteiger partial charge is 0.314 e. The van der Waals surface area contributed by atoms with Crippen LogP contribution in [0.1, 0.15) is 48.4 Å². The molecule has 0 amide bonds. The molecule has 1 unspecified atom stereocenters. The van der Waals surface area contributed by atoms with Gasteiger partial charge in [-0.25, -0.2) is 0 Å². The van der Waals surface area contributed by atoms with Crippen LogP contribution in [0.4, 0.5) is 0 Å². The summed E-state index contributed by atoms with van der Waals surface area (Å²) in [5, 5.41) is 0. The van der Waals surface area contributed by atoms with E-state index in [9.17, 15) is 4.79 Å². The SMILES string of the molecule is CC(Oc1ccc(/C(=C2\CCc3ccccc32)c2ccc(OC(=O)C3CC3)cc2)cc1)N(C)C. The molecule has 0 spiro atoms. The van der Waals surface area contributed by atoms with Crippen molar-refractivity contribution >= 4 is 17.1 Å². The summed E-state index contributed by atoms with van der Waals surface area (Å²) in [4.78, 5) is 14.1. The van der Waals surface area contributed by atoms with Gasteiger partial charge >= 0.3 is 5.97 Å². The van der Waals surface area contributed by atoms with E-state index in [1.807, 2.05) is 50.2 Å². The molecule has 174 valence electrons. The minimum Gasteiger partial charge on any atom is -0.475 e. The molecule has 1 saturated carbocycles. The number of ether oxygens (including phenoxy) is 2. The van der Waals surface area contributed by atoms with Crippen molar-refractivity contribution < 1.29 is 14.3 Å². The number of rotatable bonds is 7. The van der Waals surface area contributed by atoms with Gasteiger partial charge in [0, 0.05) is 0 Å². The molecule has 4 nitrogen and oxygen atoms in total. The van der Waals surface area contributed by atoms with Crippen LogP contribution in [0, 0.1) is 5.92 Å². The van der Waals surface area contributed by atoms with Gasteiger partial charge < -0.3 is 9.47 Å². The van der Waals surface area contributed by atoms with E-state index in [0.29, 0.717) is 5.75 Å². The van der Waals surface area contributed by atoms with E-state index in [1.54, 1.807) is 0 Å². The number of fused-ring (bicyclic) bond motifs is 1. The monoisotopic (exact) mass is 453 g/mol. The molecule has 5 rings (SSSR count). The number of carbonyl (C=O) groups excluding carboxylic acids is 1. The van der Waals surface area contributed by atoms with E-state index in [1.165, 1.54) is 22.3 Å². The van der Waals surface area contributed by atoms with Crippen LogP contribution >= 0.6 is 0 Å². The van der Waals surface area contributed by atoms with Crippen molar-refractivity contribution in [3.63, 3.8) is 0 Å². The Morgan fingerprint density at radius 1 is 0.853 bits per heavy atom. The third-order valence-electron chi connectivity index (χ3n) is 6.74. The highest BCUT2D eigenvalue weighted by molar-refractivity contribution is 6.00. The minimum absolute atomic E-state index is 0.00345. The molecular formula is C30H31NO3. The quantitative estimate of drug-likeness (QED) is 0.243. The van der Waals surface area contributed by atoms with Gasteiger partial charge in [0.1, 0.15) is 17.7 Å². The van der Waals surface area contributed by atoms with Gasteiger partial charge in [-0.15, -0.1) is 0 Å². The fraction of sp³-hybridized carbons (Fsp3) is 0.300. The Balaban J connectivity index is 1.50. The average molecular weight is 454 g/mol. The zero-order valence-electron chi connectivity index (χ0n) is 20.1. The fourth-order valence-corrected chi connectivity index (χ4v) is 4.41. The first kappa shape index (κ1) is 22.4. The van der Waals surface area contributed by atoms with Crippen molar-refractivity contribution in [3.8, 4) is 11.5 Å². The molecule has 34 heavy (non-hydrogen) atoms. The highest BCUT2D eigenvalue weighted by Gasteiger charge is 2.31. The van der Waals surface area contributed by atoms with E-state index in [2.05, 4.69) is 48.5 Å². The molecular weight excluding hydrogens is 422 g/mol. The van der Waals surface area contributed by atoms with Gasteiger partial charge in [-0.1, -0.05) is 48.5 Å². The van der Waals surface area contributed by atoms with Crippen LogP contribution in [-0.4, -0.2) is 31.2 Å². The summed E-state index contributed by atoms with van der Waals surface area (Å²) in [6, 6.07) is 25.0. The summed E-state index contributed by atoms with van der Waals surface area (Å²) in [6.45, 7) is 2.04. The van der Waals surface area contributed by atoms with Crippen LogP contribution < -0.4 is 9.47 Å². The molecule has 0 aliphatic heterocycles. The van der Waals surface area contributed by atoms with Gasteiger partial charge in [0.25, 0.3) is 0 Å². The molecule has 3 aromatic rings. The predicted molar refractivity (Wildman–Crippen MR) is 136 cm³/mol. The number of esters is 1. The van der Waals surface area contributed by atoms with Crippen LogP contribution in [0.2, 0.25) is 0 Å². The summed E-state index contributed by atoms with van der Waals surface area (Å²) >= 11 is 0. The highest BCUT2D eigenvalue weighted by Crippen LogP contribution is 2.41. The molecule has 0 aromatic heterocycles. The maximum absolute atomic E-state index is 12.1. The number of allylic oxidation sites excluding steroid dienone is 1. The second-order valence-electron chi connectivity index (χ2n) is 9.44. The van der Waals surface area contributed by atoms with Crippen LogP contribution in [0.25, 0.3) is 11.1 Å². The standard InChI is InChI=1S/C30H31NO3/c1-20(31(2)3)33-25-15-10-22(11-16-25)29(28-19-14-21-6-4-5-7-27(21)28)23-12-17-26(18-13-23)34-30(32)24-8-9-24/h4-7,10-13,15-18,20,24H,8-9,14,19H2,1-3H3/b29-28-. The molecule has 2 aliphatic carbocycles. The summed E-state index contributed by atoms with van der Waals surface area (Å²) in [6.07, 6.45) is 3.94. The van der Waals surface area contributed by atoms with E-state index in [-0.39, 0.29) is 18.1 Å². The van der Waals surface area contributed by atoms with Crippen molar-refractivity contribution in [2.75, 3.05) is 14.1 Å². The number of hydrogen-bond donors (Lipinski definition) is 0. The fourth-order valence-electron chi connectivity index (χ4n) is 4.41. The molecule has 0 N–H and O–H groups in total. The summed E-state index contributed by atoms with van der Waals surface area (Å²) in [5.41, 5.74) is 7.56. The maximum atomic E-state index is 12.1. The van der Waals surface area contributed by atoms with Gasteiger partial charge in [-0.3, -0.25) is 9.69 Å². The Labute approximate surface area is 201 Å². The van der Waals surface area contributed by atoms with Crippen molar-refractivity contribution in [2.24, 2.45) is 5.92 Å². The van der Waals surface area contributed by atoms with Gasteiger partial charge in [0.2, 0.25) is 0 Å². The van der Waals surface area contributed by atoms with Crippen molar-refractivity contribution in [2.45, 2.75) is 38.8 Å². The summed E-state index contributed by atoms with van der Waals surface area (Å²) in [7, 11) is 4.01. The summed E-state index contributed by atoms with van der Waals surface area (Å²) in [5.74, 6) is 1.43. The van der Waals surface area contributed by atoms with Crippen LogP contribution in [0.5, 0.6) is 11.5 Å². The van der Waals surface area contributed by atoms with Crippen molar-refractivity contribution in [1.29, 1.82) is 0 Å². The molecule has 0 radical (unpaired) electrons. The Morgan fingerprint density at radius 3 is 2.09 bits per heavy atom. The lowest BCUT2D eigenvalue weighted by Crippen LogP contribution is -2.30. The van der Waals surface area contributed by atoms with E-state index in [0.717, 1.165) is 42.6 Å². The first-order valence-electron chi connectivity index (χ1n) is 12.1. The Kier molecular flexibility index (Phi) is 6.25. The first-order chi connectivity index (χ1) is 16.5. The molecule has 1 atom stereocenters. The van der Waals surface area contributed by atoms with E-state index >= 15 is 0 Å². The van der Waals surface area contributed by atoms with E-state index in [4.69, 9.17) is 9.47 Å². The van der Waals surface area contributed by atoms with Crippen LogP contribution in [0.3, 0.4) is 0 Å². The Hall–Kier alpha value is -3.37. The lowest BCUT2D eigenvalue weighted by atomic mass is 9.90. The van der Waals surface area contributed by atoms with Crippen LogP contribution in [0.15, 0.2) is 72.8 Å².